The number of rotatable bonds is 2. The number of hydrogen-bond donors (Lipinski definition) is 0. The Kier molecular flexibility index (Phi) is 3.52. The molecule has 0 atom stereocenters. The third kappa shape index (κ3) is 2.53. The summed E-state index contributed by atoms with van der Waals surface area (Å²) in [4.78, 5) is 4.94. The van der Waals surface area contributed by atoms with Gasteiger partial charge < -0.3 is 4.74 Å². The summed E-state index contributed by atoms with van der Waals surface area (Å²) in [5, 5.41) is 8.63. The summed E-state index contributed by atoms with van der Waals surface area (Å²) in [6.07, 6.45) is 9.22. The Labute approximate surface area is 142 Å². The van der Waals surface area contributed by atoms with E-state index < -0.39 is 0 Å². The molecule has 0 saturated carbocycles. The molecule has 0 spiro atoms. The number of pyridine rings is 1. The second-order valence-electron chi connectivity index (χ2n) is 5.17. The average molecular weight is 335 g/mol. The highest BCUT2D eigenvalue weighted by molar-refractivity contribution is 7.10. The lowest BCUT2D eigenvalue weighted by Crippen LogP contribution is -1.94. The SMILES string of the molecule is COc1cc(-c2cnn(C)c2)cn2ncc(C#Cc3cncs3)c12. The molecule has 4 rings (SSSR count). The zero-order valence-electron chi connectivity index (χ0n) is 13.1. The quantitative estimate of drug-likeness (QED) is 0.528. The molecule has 0 aliphatic heterocycles. The second-order valence-corrected chi connectivity index (χ2v) is 6.05. The van der Waals surface area contributed by atoms with E-state index in [0.29, 0.717) is 0 Å². The fraction of sp³-hybridized carbons (Fsp3) is 0.118. The molecule has 24 heavy (non-hydrogen) atoms. The topological polar surface area (TPSA) is 57.2 Å². The van der Waals surface area contributed by atoms with Gasteiger partial charge in [-0.15, -0.1) is 11.3 Å². The summed E-state index contributed by atoms with van der Waals surface area (Å²) < 4.78 is 9.12. The van der Waals surface area contributed by atoms with Gasteiger partial charge in [0.15, 0.2) is 0 Å². The van der Waals surface area contributed by atoms with E-state index in [1.165, 1.54) is 11.3 Å². The summed E-state index contributed by atoms with van der Waals surface area (Å²) in [5.41, 5.74) is 5.42. The van der Waals surface area contributed by atoms with Crippen molar-refractivity contribution in [3.63, 3.8) is 0 Å². The maximum atomic E-state index is 5.57. The van der Waals surface area contributed by atoms with E-state index in [-0.39, 0.29) is 0 Å². The van der Waals surface area contributed by atoms with Crippen molar-refractivity contribution >= 4 is 16.9 Å². The van der Waals surface area contributed by atoms with Crippen LogP contribution in [0.25, 0.3) is 16.6 Å². The Morgan fingerprint density at radius 3 is 2.71 bits per heavy atom. The summed E-state index contributed by atoms with van der Waals surface area (Å²) in [5.74, 6) is 6.98. The second kappa shape index (κ2) is 5.83. The van der Waals surface area contributed by atoms with Gasteiger partial charge in [0, 0.05) is 30.6 Å². The van der Waals surface area contributed by atoms with Crippen LogP contribution >= 0.6 is 11.3 Å². The van der Waals surface area contributed by atoms with Crippen LogP contribution in [-0.2, 0) is 7.05 Å². The van der Waals surface area contributed by atoms with Crippen LogP contribution in [0, 0.1) is 11.8 Å². The third-order valence-electron chi connectivity index (χ3n) is 3.59. The summed E-state index contributed by atoms with van der Waals surface area (Å²) in [7, 11) is 3.54. The minimum Gasteiger partial charge on any atom is -0.494 e. The summed E-state index contributed by atoms with van der Waals surface area (Å²) >= 11 is 1.51. The number of fused-ring (bicyclic) bond motifs is 1. The lowest BCUT2D eigenvalue weighted by atomic mass is 10.1. The van der Waals surface area contributed by atoms with Crippen LogP contribution in [0.15, 0.2) is 42.6 Å². The third-order valence-corrected chi connectivity index (χ3v) is 4.28. The number of aryl methyl sites for hydroxylation is 1. The molecule has 4 aromatic heterocycles. The van der Waals surface area contributed by atoms with Gasteiger partial charge in [-0.1, -0.05) is 5.92 Å². The molecule has 0 amide bonds. The fourth-order valence-corrected chi connectivity index (χ4v) is 2.93. The Morgan fingerprint density at radius 2 is 2.00 bits per heavy atom. The van der Waals surface area contributed by atoms with E-state index >= 15 is 0 Å². The van der Waals surface area contributed by atoms with Gasteiger partial charge in [0.25, 0.3) is 0 Å². The molecule has 0 fully saturated rings. The number of aromatic nitrogens is 5. The Morgan fingerprint density at radius 1 is 1.08 bits per heavy atom. The molecule has 0 aromatic carbocycles. The van der Waals surface area contributed by atoms with Crippen molar-refractivity contribution in [1.29, 1.82) is 0 Å². The maximum Gasteiger partial charge on any atom is 0.146 e. The van der Waals surface area contributed by atoms with E-state index in [9.17, 15) is 0 Å². The smallest absolute Gasteiger partial charge is 0.146 e. The molecule has 0 N–H and O–H groups in total. The van der Waals surface area contributed by atoms with Gasteiger partial charge in [0.2, 0.25) is 0 Å². The largest absolute Gasteiger partial charge is 0.494 e. The van der Waals surface area contributed by atoms with Crippen molar-refractivity contribution < 1.29 is 4.74 Å². The molecular formula is C17H13N5OS. The van der Waals surface area contributed by atoms with Crippen molar-refractivity contribution in [2.75, 3.05) is 7.11 Å². The highest BCUT2D eigenvalue weighted by atomic mass is 32.1. The van der Waals surface area contributed by atoms with Gasteiger partial charge in [-0.05, 0) is 12.0 Å². The minimum atomic E-state index is 0.724. The standard InChI is InChI=1S/C17H13N5OS/c1-21-9-14(7-19-21)13-5-16(23-2)17-12(6-20-22(17)10-13)3-4-15-8-18-11-24-15/h5-11H,1-2H3. The first-order chi connectivity index (χ1) is 11.7. The number of hydrogen-bond acceptors (Lipinski definition) is 5. The molecule has 7 heteroatoms. The van der Waals surface area contributed by atoms with Crippen molar-refractivity contribution in [2.45, 2.75) is 0 Å². The maximum absolute atomic E-state index is 5.57. The Hall–Kier alpha value is -3.11. The van der Waals surface area contributed by atoms with Crippen LogP contribution in [-0.4, -0.2) is 31.5 Å². The molecule has 0 bridgehead atoms. The number of nitrogens with zero attached hydrogens (tertiary/aromatic N) is 5. The normalized spacial score (nSPS) is 10.6. The summed E-state index contributed by atoms with van der Waals surface area (Å²) in [6.45, 7) is 0. The molecule has 6 nitrogen and oxygen atoms in total. The monoisotopic (exact) mass is 335 g/mol. The molecule has 0 unspecified atom stereocenters. The Bertz CT molecular complexity index is 1070. The van der Waals surface area contributed by atoms with E-state index in [2.05, 4.69) is 27.0 Å². The Balaban J connectivity index is 1.84. The predicted octanol–water partition coefficient (Wildman–Crippen LogP) is 2.60. The zero-order chi connectivity index (χ0) is 16.5. The van der Waals surface area contributed by atoms with Gasteiger partial charge in [-0.25, -0.2) is 4.52 Å². The molecule has 0 aliphatic carbocycles. The number of methoxy groups -OCH3 is 1. The molecule has 0 aliphatic rings. The molecule has 4 aromatic rings. The molecule has 0 radical (unpaired) electrons. The van der Waals surface area contributed by atoms with E-state index in [0.717, 1.165) is 32.8 Å². The lowest BCUT2D eigenvalue weighted by Gasteiger charge is -2.06. The number of thiazole rings is 1. The van der Waals surface area contributed by atoms with Crippen molar-refractivity contribution in [3.05, 3.63) is 53.0 Å². The number of ether oxygens (including phenoxy) is 1. The van der Waals surface area contributed by atoms with Gasteiger partial charge in [-0.2, -0.15) is 10.2 Å². The first-order valence-electron chi connectivity index (χ1n) is 7.19. The van der Waals surface area contributed by atoms with Crippen LogP contribution in [0.2, 0.25) is 0 Å². The van der Waals surface area contributed by atoms with Gasteiger partial charge in [0.1, 0.15) is 11.3 Å². The van der Waals surface area contributed by atoms with Crippen molar-refractivity contribution in [2.24, 2.45) is 7.05 Å². The first kappa shape index (κ1) is 14.5. The van der Waals surface area contributed by atoms with Crippen LogP contribution in [0.5, 0.6) is 5.75 Å². The molecule has 4 heterocycles. The first-order valence-corrected chi connectivity index (χ1v) is 8.07. The average Bonchev–Trinajstić information content (AvgIpc) is 3.32. The van der Waals surface area contributed by atoms with Gasteiger partial charge >= 0.3 is 0 Å². The van der Waals surface area contributed by atoms with Gasteiger partial charge in [0.05, 0.1) is 41.7 Å². The van der Waals surface area contributed by atoms with E-state index in [1.807, 2.05) is 31.7 Å². The molecule has 0 saturated heterocycles. The predicted molar refractivity (Wildman–Crippen MR) is 92.0 cm³/mol. The van der Waals surface area contributed by atoms with Crippen molar-refractivity contribution in [1.82, 2.24) is 24.4 Å². The van der Waals surface area contributed by atoms with Crippen LogP contribution in [0.4, 0.5) is 0 Å². The van der Waals surface area contributed by atoms with Crippen LogP contribution in [0.1, 0.15) is 10.4 Å². The minimum absolute atomic E-state index is 0.724. The lowest BCUT2D eigenvalue weighted by molar-refractivity contribution is 0.417. The van der Waals surface area contributed by atoms with E-state index in [4.69, 9.17) is 4.74 Å². The summed E-state index contributed by atoms with van der Waals surface area (Å²) in [6, 6.07) is 1.98. The van der Waals surface area contributed by atoms with Gasteiger partial charge in [-0.3, -0.25) is 9.67 Å². The van der Waals surface area contributed by atoms with E-state index in [1.54, 1.807) is 34.2 Å². The highest BCUT2D eigenvalue weighted by Gasteiger charge is 2.12. The highest BCUT2D eigenvalue weighted by Crippen LogP contribution is 2.29. The zero-order valence-corrected chi connectivity index (χ0v) is 13.9. The van der Waals surface area contributed by atoms with Crippen molar-refractivity contribution in [3.8, 4) is 28.7 Å². The van der Waals surface area contributed by atoms with Crippen LogP contribution in [0.3, 0.4) is 0 Å². The molecule has 118 valence electrons. The molecular weight excluding hydrogens is 322 g/mol. The fourth-order valence-electron chi connectivity index (χ4n) is 2.47. The van der Waals surface area contributed by atoms with Crippen LogP contribution < -0.4 is 4.74 Å².